The van der Waals surface area contributed by atoms with Gasteiger partial charge in [-0.1, -0.05) is 13.0 Å². The Labute approximate surface area is 125 Å². The summed E-state index contributed by atoms with van der Waals surface area (Å²) in [6.45, 7) is 3.71. The summed E-state index contributed by atoms with van der Waals surface area (Å²) in [5.41, 5.74) is 1.88. The fourth-order valence-electron chi connectivity index (χ4n) is 1.75. The van der Waals surface area contributed by atoms with E-state index in [1.54, 1.807) is 24.8 Å². The molecule has 0 spiro atoms. The predicted molar refractivity (Wildman–Crippen MR) is 80.4 cm³/mol. The molecule has 0 fully saturated rings. The predicted octanol–water partition coefficient (Wildman–Crippen LogP) is 3.80. The van der Waals surface area contributed by atoms with Crippen LogP contribution in [-0.4, -0.2) is 21.8 Å². The van der Waals surface area contributed by atoms with Crippen LogP contribution in [0.4, 0.5) is 0 Å². The van der Waals surface area contributed by atoms with Crippen LogP contribution in [0.3, 0.4) is 0 Å². The number of benzene rings is 1. The van der Waals surface area contributed by atoms with Crippen molar-refractivity contribution in [2.24, 2.45) is 0 Å². The van der Waals surface area contributed by atoms with Crippen LogP contribution in [0.1, 0.15) is 27.9 Å². The second-order valence-corrected chi connectivity index (χ2v) is 6.30. The zero-order valence-electron chi connectivity index (χ0n) is 11.0. The van der Waals surface area contributed by atoms with Gasteiger partial charge in [0.25, 0.3) is 0 Å². The number of thioether (sulfide) groups is 1. The number of aryl methyl sites for hydroxylation is 1. The smallest absolute Gasteiger partial charge is 0.347 e. The van der Waals surface area contributed by atoms with Crippen molar-refractivity contribution in [2.45, 2.75) is 18.7 Å². The van der Waals surface area contributed by atoms with Crippen molar-refractivity contribution in [1.29, 1.82) is 5.26 Å². The molecule has 0 unspecified atom stereocenters. The first-order valence-electron chi connectivity index (χ1n) is 5.94. The maximum absolute atomic E-state index is 11.0. The molecule has 0 aliphatic heterocycles. The van der Waals surface area contributed by atoms with Gasteiger partial charge in [0.2, 0.25) is 0 Å². The van der Waals surface area contributed by atoms with E-state index >= 15 is 0 Å². The summed E-state index contributed by atoms with van der Waals surface area (Å²) >= 11 is 2.74. The van der Waals surface area contributed by atoms with Crippen LogP contribution in [0, 0.1) is 18.3 Å². The standard InChI is InChI=1S/C14H12N2O2S2/c1-3-19-11-5-4-9(6-10(11)7-15)13-16-8(2)12(20-13)14(17)18/h4-6H,3H2,1-2H3,(H,17,18). The molecule has 102 valence electrons. The molecule has 0 radical (unpaired) electrons. The van der Waals surface area contributed by atoms with Gasteiger partial charge in [0.05, 0.1) is 11.3 Å². The summed E-state index contributed by atoms with van der Waals surface area (Å²) in [4.78, 5) is 16.5. The topological polar surface area (TPSA) is 74.0 Å². The maximum atomic E-state index is 11.0. The number of nitriles is 1. The van der Waals surface area contributed by atoms with Gasteiger partial charge in [0, 0.05) is 10.5 Å². The lowest BCUT2D eigenvalue weighted by atomic mass is 10.1. The molecule has 0 saturated heterocycles. The van der Waals surface area contributed by atoms with E-state index in [1.165, 1.54) is 0 Å². The Hall–Kier alpha value is -1.84. The highest BCUT2D eigenvalue weighted by Crippen LogP contribution is 2.31. The number of hydrogen-bond acceptors (Lipinski definition) is 5. The van der Waals surface area contributed by atoms with E-state index in [0.717, 1.165) is 27.5 Å². The molecule has 20 heavy (non-hydrogen) atoms. The molecule has 0 atom stereocenters. The molecule has 2 aromatic rings. The number of nitrogens with zero attached hydrogens (tertiary/aromatic N) is 2. The van der Waals surface area contributed by atoms with Crippen LogP contribution >= 0.6 is 23.1 Å². The van der Waals surface area contributed by atoms with E-state index in [4.69, 9.17) is 5.11 Å². The van der Waals surface area contributed by atoms with E-state index in [0.29, 0.717) is 16.3 Å². The minimum absolute atomic E-state index is 0.241. The highest BCUT2D eigenvalue weighted by Gasteiger charge is 2.15. The Morgan fingerprint density at radius 2 is 2.30 bits per heavy atom. The fourth-order valence-corrected chi connectivity index (χ4v) is 3.39. The summed E-state index contributed by atoms with van der Waals surface area (Å²) in [7, 11) is 0. The fraction of sp³-hybridized carbons (Fsp3) is 0.214. The third-order valence-corrected chi connectivity index (χ3v) is 4.79. The Morgan fingerprint density at radius 3 is 2.85 bits per heavy atom. The molecule has 4 nitrogen and oxygen atoms in total. The molecule has 2 rings (SSSR count). The first-order valence-corrected chi connectivity index (χ1v) is 7.75. The first kappa shape index (κ1) is 14.6. The average molecular weight is 304 g/mol. The van der Waals surface area contributed by atoms with Crippen molar-refractivity contribution in [3.05, 3.63) is 34.3 Å². The molecule has 1 N–H and O–H groups in total. The van der Waals surface area contributed by atoms with Gasteiger partial charge < -0.3 is 5.11 Å². The van der Waals surface area contributed by atoms with Crippen molar-refractivity contribution in [3.63, 3.8) is 0 Å². The van der Waals surface area contributed by atoms with Crippen LogP contribution in [0.15, 0.2) is 23.1 Å². The molecular formula is C14H12N2O2S2. The van der Waals surface area contributed by atoms with Crippen LogP contribution in [0.5, 0.6) is 0 Å². The number of aromatic carboxylic acids is 1. The molecule has 6 heteroatoms. The quantitative estimate of drug-likeness (QED) is 0.870. The lowest BCUT2D eigenvalue weighted by Crippen LogP contribution is -1.94. The molecule has 0 amide bonds. The van der Waals surface area contributed by atoms with Crippen LogP contribution < -0.4 is 0 Å². The Balaban J connectivity index is 2.46. The van der Waals surface area contributed by atoms with Crippen molar-refractivity contribution in [1.82, 2.24) is 4.98 Å². The van der Waals surface area contributed by atoms with E-state index in [-0.39, 0.29) is 4.88 Å². The zero-order chi connectivity index (χ0) is 14.7. The molecule has 1 aromatic carbocycles. The molecule has 1 heterocycles. The molecule has 0 saturated carbocycles. The van der Waals surface area contributed by atoms with Gasteiger partial charge in [-0.3, -0.25) is 0 Å². The lowest BCUT2D eigenvalue weighted by Gasteiger charge is -2.03. The Bertz CT molecular complexity index is 702. The number of thiazole rings is 1. The summed E-state index contributed by atoms with van der Waals surface area (Å²) in [6.07, 6.45) is 0. The third-order valence-electron chi connectivity index (χ3n) is 2.64. The van der Waals surface area contributed by atoms with Crippen LogP contribution in [0.2, 0.25) is 0 Å². The molecule has 1 aromatic heterocycles. The number of hydrogen-bond donors (Lipinski definition) is 1. The second-order valence-electron chi connectivity index (χ2n) is 3.99. The van der Waals surface area contributed by atoms with Crippen molar-refractivity contribution >= 4 is 29.1 Å². The minimum Gasteiger partial charge on any atom is -0.477 e. The molecule has 0 bridgehead atoms. The van der Waals surface area contributed by atoms with E-state index < -0.39 is 5.97 Å². The SMILES string of the molecule is CCSc1ccc(-c2nc(C)c(C(=O)O)s2)cc1C#N. The van der Waals surface area contributed by atoms with Gasteiger partial charge >= 0.3 is 5.97 Å². The highest BCUT2D eigenvalue weighted by molar-refractivity contribution is 7.99. The number of rotatable bonds is 4. The normalized spacial score (nSPS) is 10.2. The Morgan fingerprint density at radius 1 is 1.55 bits per heavy atom. The van der Waals surface area contributed by atoms with Gasteiger partial charge in [0.15, 0.2) is 0 Å². The summed E-state index contributed by atoms with van der Waals surface area (Å²) in [5.74, 6) is -0.0713. The zero-order valence-corrected chi connectivity index (χ0v) is 12.6. The maximum Gasteiger partial charge on any atom is 0.347 e. The van der Waals surface area contributed by atoms with Crippen LogP contribution in [-0.2, 0) is 0 Å². The van der Waals surface area contributed by atoms with Gasteiger partial charge in [-0.05, 0) is 24.8 Å². The lowest BCUT2D eigenvalue weighted by molar-refractivity contribution is 0.0701. The first-order chi connectivity index (χ1) is 9.56. The van der Waals surface area contributed by atoms with E-state index in [9.17, 15) is 10.1 Å². The largest absolute Gasteiger partial charge is 0.477 e. The van der Waals surface area contributed by atoms with Crippen LogP contribution in [0.25, 0.3) is 10.6 Å². The third kappa shape index (κ3) is 2.84. The van der Waals surface area contributed by atoms with Gasteiger partial charge in [0.1, 0.15) is 16.0 Å². The van der Waals surface area contributed by atoms with E-state index in [1.807, 2.05) is 19.1 Å². The summed E-state index contributed by atoms with van der Waals surface area (Å²) in [5, 5.41) is 18.9. The second kappa shape index (κ2) is 6.07. The molecular weight excluding hydrogens is 292 g/mol. The molecule has 0 aliphatic rings. The minimum atomic E-state index is -0.968. The van der Waals surface area contributed by atoms with Crippen molar-refractivity contribution in [2.75, 3.05) is 5.75 Å². The number of aromatic nitrogens is 1. The monoisotopic (exact) mass is 304 g/mol. The van der Waals surface area contributed by atoms with Crippen molar-refractivity contribution in [3.8, 4) is 16.6 Å². The van der Waals surface area contributed by atoms with Gasteiger partial charge in [-0.25, -0.2) is 9.78 Å². The number of carbonyl (C=O) groups is 1. The van der Waals surface area contributed by atoms with Crippen molar-refractivity contribution < 1.29 is 9.90 Å². The highest BCUT2D eigenvalue weighted by atomic mass is 32.2. The Kier molecular flexibility index (Phi) is 4.42. The number of carboxylic acids is 1. The van der Waals surface area contributed by atoms with Gasteiger partial charge in [-0.15, -0.1) is 23.1 Å². The average Bonchev–Trinajstić information content (AvgIpc) is 2.82. The summed E-state index contributed by atoms with van der Waals surface area (Å²) in [6, 6.07) is 7.71. The molecule has 0 aliphatic carbocycles. The van der Waals surface area contributed by atoms with Gasteiger partial charge in [-0.2, -0.15) is 5.26 Å². The van der Waals surface area contributed by atoms with E-state index in [2.05, 4.69) is 11.1 Å². The number of carboxylic acid groups (broad SMARTS) is 1. The summed E-state index contributed by atoms with van der Waals surface area (Å²) < 4.78 is 0.